The van der Waals surface area contributed by atoms with E-state index in [4.69, 9.17) is 13.7 Å². The fourth-order valence-corrected chi connectivity index (χ4v) is 4.56. The Kier molecular flexibility index (Phi) is 8.34. The van der Waals surface area contributed by atoms with Gasteiger partial charge in [0.05, 0.1) is 5.56 Å². The molecule has 1 aromatic heterocycles. The Morgan fingerprint density at radius 2 is 1.55 bits per heavy atom. The first-order valence-electron chi connectivity index (χ1n) is 11.5. The van der Waals surface area contributed by atoms with E-state index in [0.29, 0.717) is 11.3 Å². The summed E-state index contributed by atoms with van der Waals surface area (Å²) in [5, 5.41) is 2.66. The number of benzene rings is 3. The molecule has 4 aromatic rings. The van der Waals surface area contributed by atoms with Crippen LogP contribution in [0.3, 0.4) is 0 Å². The normalized spacial score (nSPS) is 10.9. The third-order valence-electron chi connectivity index (χ3n) is 5.15. The zero-order valence-electron chi connectivity index (χ0n) is 20.4. The molecule has 0 unspecified atom stereocenters. The van der Waals surface area contributed by atoms with Crippen molar-refractivity contribution in [2.24, 2.45) is 0 Å². The van der Waals surface area contributed by atoms with Gasteiger partial charge < -0.3 is 19.0 Å². The number of ether oxygens (including phenoxy) is 2. The predicted molar refractivity (Wildman–Crippen MR) is 139 cm³/mol. The van der Waals surface area contributed by atoms with E-state index in [9.17, 15) is 18.0 Å². The lowest BCUT2D eigenvalue weighted by Gasteiger charge is -2.13. The molecule has 0 atom stereocenters. The summed E-state index contributed by atoms with van der Waals surface area (Å²) in [5.74, 6) is -1.02. The van der Waals surface area contributed by atoms with Gasteiger partial charge >= 0.3 is 16.1 Å². The Morgan fingerprint density at radius 1 is 0.868 bits per heavy atom. The molecule has 4 rings (SSSR count). The van der Waals surface area contributed by atoms with Gasteiger partial charge in [-0.25, -0.2) is 4.79 Å². The Balaban J connectivity index is 1.45. The van der Waals surface area contributed by atoms with Crippen molar-refractivity contribution in [3.63, 3.8) is 0 Å². The van der Waals surface area contributed by atoms with Gasteiger partial charge in [-0.1, -0.05) is 42.5 Å². The second kappa shape index (κ2) is 12.0. The van der Waals surface area contributed by atoms with Crippen LogP contribution < -0.4 is 14.2 Å². The molecule has 3 aromatic carbocycles. The summed E-state index contributed by atoms with van der Waals surface area (Å²) in [5.41, 5.74) is 1.81. The number of carbonyl (C=O) groups excluding carboxylic acids is 2. The molecule has 9 nitrogen and oxygen atoms in total. The molecule has 38 heavy (non-hydrogen) atoms. The van der Waals surface area contributed by atoms with Crippen LogP contribution >= 0.6 is 0 Å². The fraction of sp³-hybridized carbons (Fsp3) is 0.107. The van der Waals surface area contributed by atoms with Crippen LogP contribution in [0.4, 0.5) is 5.69 Å². The number of anilines is 1. The van der Waals surface area contributed by atoms with Gasteiger partial charge in [-0.3, -0.25) is 9.78 Å². The van der Waals surface area contributed by atoms with E-state index in [1.54, 1.807) is 49.6 Å². The SMILES string of the molecule is Cc1cc(OCC(=O)Nc2ccncc2)cc(OS(=O)(=O)c2ccccc2C(=O)OCc2ccccc2)c1. The molecule has 0 radical (unpaired) electrons. The summed E-state index contributed by atoms with van der Waals surface area (Å²) < 4.78 is 42.5. The molecule has 0 saturated carbocycles. The third-order valence-corrected chi connectivity index (χ3v) is 6.46. The monoisotopic (exact) mass is 532 g/mol. The van der Waals surface area contributed by atoms with Crippen molar-refractivity contribution in [2.75, 3.05) is 11.9 Å². The number of hydrogen-bond acceptors (Lipinski definition) is 8. The number of aryl methyl sites for hydroxylation is 1. The Bertz CT molecular complexity index is 1530. The highest BCUT2D eigenvalue weighted by Gasteiger charge is 2.25. The molecular formula is C28H24N2O7S. The number of nitrogens with zero attached hydrogens (tertiary/aromatic N) is 1. The maximum absolute atomic E-state index is 13.2. The number of aromatic nitrogens is 1. The van der Waals surface area contributed by atoms with Crippen molar-refractivity contribution in [2.45, 2.75) is 18.4 Å². The van der Waals surface area contributed by atoms with Crippen LogP contribution in [0.2, 0.25) is 0 Å². The highest BCUT2D eigenvalue weighted by Crippen LogP contribution is 2.27. The first-order chi connectivity index (χ1) is 18.3. The van der Waals surface area contributed by atoms with E-state index >= 15 is 0 Å². The first-order valence-corrected chi connectivity index (χ1v) is 12.9. The molecule has 194 valence electrons. The van der Waals surface area contributed by atoms with Gasteiger partial charge in [-0.05, 0) is 54.4 Å². The number of carbonyl (C=O) groups is 2. The average molecular weight is 533 g/mol. The lowest BCUT2D eigenvalue weighted by molar-refractivity contribution is -0.118. The molecule has 0 saturated heterocycles. The van der Waals surface area contributed by atoms with Gasteiger partial charge in [0.25, 0.3) is 5.91 Å². The molecule has 0 aliphatic heterocycles. The largest absolute Gasteiger partial charge is 0.484 e. The molecule has 0 bridgehead atoms. The lowest BCUT2D eigenvalue weighted by atomic mass is 10.2. The predicted octanol–water partition coefficient (Wildman–Crippen LogP) is 4.53. The van der Waals surface area contributed by atoms with Crippen LogP contribution in [0.1, 0.15) is 21.5 Å². The van der Waals surface area contributed by atoms with Crippen molar-refractivity contribution < 1.29 is 31.7 Å². The number of hydrogen-bond donors (Lipinski definition) is 1. The van der Waals surface area contributed by atoms with Crippen LogP contribution in [-0.2, 0) is 26.3 Å². The summed E-state index contributed by atoms with van der Waals surface area (Å²) in [6.45, 7) is 1.40. The summed E-state index contributed by atoms with van der Waals surface area (Å²) in [7, 11) is -4.42. The Morgan fingerprint density at radius 3 is 2.32 bits per heavy atom. The summed E-state index contributed by atoms with van der Waals surface area (Å²) in [6.07, 6.45) is 3.09. The second-order valence-electron chi connectivity index (χ2n) is 8.15. The smallest absolute Gasteiger partial charge is 0.340 e. The molecule has 0 fully saturated rings. The van der Waals surface area contributed by atoms with Gasteiger partial charge in [-0.15, -0.1) is 0 Å². The number of esters is 1. The van der Waals surface area contributed by atoms with E-state index in [2.05, 4.69) is 10.3 Å². The van der Waals surface area contributed by atoms with Gasteiger partial charge in [0, 0.05) is 24.1 Å². The zero-order valence-corrected chi connectivity index (χ0v) is 21.2. The zero-order chi connectivity index (χ0) is 27.0. The lowest BCUT2D eigenvalue weighted by Crippen LogP contribution is -2.20. The molecule has 1 amide bonds. The van der Waals surface area contributed by atoms with E-state index < -0.39 is 22.0 Å². The fourth-order valence-electron chi connectivity index (χ4n) is 3.45. The number of pyridine rings is 1. The second-order valence-corrected chi connectivity index (χ2v) is 9.66. The quantitative estimate of drug-likeness (QED) is 0.234. The van der Waals surface area contributed by atoms with Crippen molar-refractivity contribution in [1.29, 1.82) is 0 Å². The third kappa shape index (κ3) is 7.17. The highest BCUT2D eigenvalue weighted by molar-refractivity contribution is 7.87. The minimum absolute atomic E-state index is 0.0117. The Hall–Kier alpha value is -4.70. The molecule has 1 N–H and O–H groups in total. The maximum Gasteiger partial charge on any atom is 0.340 e. The average Bonchev–Trinajstić information content (AvgIpc) is 2.91. The topological polar surface area (TPSA) is 121 Å². The first kappa shape index (κ1) is 26.4. The summed E-state index contributed by atoms with van der Waals surface area (Å²) >= 11 is 0. The van der Waals surface area contributed by atoms with Gasteiger partial charge in [-0.2, -0.15) is 8.42 Å². The minimum atomic E-state index is -4.42. The van der Waals surface area contributed by atoms with E-state index in [0.717, 1.165) is 5.56 Å². The van der Waals surface area contributed by atoms with Crippen LogP contribution in [0.25, 0.3) is 0 Å². The maximum atomic E-state index is 13.2. The minimum Gasteiger partial charge on any atom is -0.484 e. The van der Waals surface area contributed by atoms with Gasteiger partial charge in [0.1, 0.15) is 23.0 Å². The Labute approximate surface area is 220 Å². The van der Waals surface area contributed by atoms with Crippen LogP contribution in [0, 0.1) is 6.92 Å². The summed E-state index contributed by atoms with van der Waals surface area (Å²) in [6, 6.07) is 22.4. The molecule has 0 spiro atoms. The van der Waals surface area contributed by atoms with E-state index in [-0.39, 0.29) is 35.2 Å². The molecular weight excluding hydrogens is 508 g/mol. The molecule has 10 heteroatoms. The van der Waals surface area contributed by atoms with Crippen LogP contribution in [0.5, 0.6) is 11.5 Å². The van der Waals surface area contributed by atoms with E-state index in [1.807, 2.05) is 18.2 Å². The molecule has 0 aliphatic rings. The van der Waals surface area contributed by atoms with Crippen molar-refractivity contribution in [1.82, 2.24) is 4.98 Å². The number of amides is 1. The van der Waals surface area contributed by atoms with Crippen LogP contribution in [0.15, 0.2) is 102 Å². The number of rotatable bonds is 10. The number of nitrogens with one attached hydrogen (secondary N) is 1. The van der Waals surface area contributed by atoms with E-state index in [1.165, 1.54) is 36.4 Å². The molecule has 0 aliphatic carbocycles. The standard InChI is InChI=1S/C28H24N2O7S/c1-20-15-23(35-19-27(31)30-22-11-13-29-14-12-22)17-24(16-20)37-38(33,34)26-10-6-5-9-25(26)28(32)36-18-21-7-3-2-4-8-21/h2-17H,18-19H2,1H3,(H,29,30,31). The highest BCUT2D eigenvalue weighted by atomic mass is 32.2. The summed E-state index contributed by atoms with van der Waals surface area (Å²) in [4.78, 5) is 28.5. The van der Waals surface area contributed by atoms with Gasteiger partial charge in [0.15, 0.2) is 6.61 Å². The molecule has 1 heterocycles. The van der Waals surface area contributed by atoms with Gasteiger partial charge in [0.2, 0.25) is 0 Å². The van der Waals surface area contributed by atoms with Crippen molar-refractivity contribution in [3.05, 3.63) is 114 Å². The van der Waals surface area contributed by atoms with Crippen LogP contribution in [-0.4, -0.2) is 31.9 Å². The van der Waals surface area contributed by atoms with Crippen molar-refractivity contribution >= 4 is 27.7 Å². The van der Waals surface area contributed by atoms with Crippen molar-refractivity contribution in [3.8, 4) is 11.5 Å².